The molecule has 0 fully saturated rings. The van der Waals surface area contributed by atoms with Gasteiger partial charge in [-0.2, -0.15) is 5.10 Å². The van der Waals surface area contributed by atoms with Crippen LogP contribution >= 0.6 is 11.6 Å². The lowest BCUT2D eigenvalue weighted by molar-refractivity contribution is 0.618. The van der Waals surface area contributed by atoms with Gasteiger partial charge >= 0.3 is 0 Å². The summed E-state index contributed by atoms with van der Waals surface area (Å²) in [7, 11) is 0. The predicted octanol–water partition coefficient (Wildman–Crippen LogP) is 2.58. The Morgan fingerprint density at radius 3 is 3.06 bits per heavy atom. The van der Waals surface area contributed by atoms with Crippen LogP contribution in [-0.4, -0.2) is 19.6 Å². The molecule has 3 heterocycles. The lowest BCUT2D eigenvalue weighted by Gasteiger charge is -2.03. The van der Waals surface area contributed by atoms with Crippen LogP contribution in [0, 0.1) is 5.82 Å². The maximum Gasteiger partial charge on any atom is 0.223 e. The maximum atomic E-state index is 13.6. The Balaban J connectivity index is 2.22. The first-order valence-electron chi connectivity index (χ1n) is 4.86. The number of nitrogens with zero attached hydrogens (tertiary/aromatic N) is 4. The third-order valence-corrected chi connectivity index (χ3v) is 2.57. The number of rotatable bonds is 1. The van der Waals surface area contributed by atoms with Crippen molar-refractivity contribution >= 4 is 17.1 Å². The van der Waals surface area contributed by atoms with Crippen LogP contribution in [0.4, 0.5) is 4.39 Å². The van der Waals surface area contributed by atoms with Crippen molar-refractivity contribution in [1.82, 2.24) is 19.6 Å². The van der Waals surface area contributed by atoms with Crippen LogP contribution in [0.15, 0.2) is 36.8 Å². The van der Waals surface area contributed by atoms with Crippen LogP contribution in [0.5, 0.6) is 0 Å². The average molecular weight is 249 g/mol. The predicted molar refractivity (Wildman–Crippen MR) is 61.2 cm³/mol. The van der Waals surface area contributed by atoms with Crippen LogP contribution in [0.2, 0.25) is 5.28 Å². The highest BCUT2D eigenvalue weighted by atomic mass is 35.5. The van der Waals surface area contributed by atoms with E-state index in [0.717, 1.165) is 11.7 Å². The second-order valence-electron chi connectivity index (χ2n) is 3.45. The Hall–Kier alpha value is -2.01. The molecule has 0 atom stereocenters. The fraction of sp³-hybridized carbons (Fsp3) is 0. The normalized spacial score (nSPS) is 10.9. The van der Waals surface area contributed by atoms with Crippen molar-refractivity contribution in [3.63, 3.8) is 0 Å². The molecule has 0 radical (unpaired) electrons. The summed E-state index contributed by atoms with van der Waals surface area (Å²) in [5, 5.41) is 4.08. The Morgan fingerprint density at radius 2 is 2.18 bits per heavy atom. The topological polar surface area (TPSA) is 43.1 Å². The van der Waals surface area contributed by atoms with E-state index in [0.29, 0.717) is 5.56 Å². The van der Waals surface area contributed by atoms with Gasteiger partial charge in [0.05, 0.1) is 11.7 Å². The highest BCUT2D eigenvalue weighted by molar-refractivity contribution is 6.28. The number of hydrogen-bond acceptors (Lipinski definition) is 3. The van der Waals surface area contributed by atoms with E-state index in [1.807, 2.05) is 6.07 Å². The number of aromatic nitrogens is 4. The lowest BCUT2D eigenvalue weighted by atomic mass is 10.2. The van der Waals surface area contributed by atoms with E-state index in [4.69, 9.17) is 11.6 Å². The van der Waals surface area contributed by atoms with Gasteiger partial charge in [0.2, 0.25) is 5.28 Å². The van der Waals surface area contributed by atoms with E-state index >= 15 is 0 Å². The molecule has 0 aromatic carbocycles. The summed E-state index contributed by atoms with van der Waals surface area (Å²) in [6.45, 7) is 0. The van der Waals surface area contributed by atoms with E-state index in [1.54, 1.807) is 29.0 Å². The SMILES string of the molecule is Fc1cnc(Cl)nc1-c1ccn2nccc2c1. The first-order valence-corrected chi connectivity index (χ1v) is 5.23. The average Bonchev–Trinajstić information content (AvgIpc) is 2.79. The monoisotopic (exact) mass is 248 g/mol. The van der Waals surface area contributed by atoms with Crippen molar-refractivity contribution in [2.75, 3.05) is 0 Å². The quantitative estimate of drug-likeness (QED) is 0.622. The molecule has 0 bridgehead atoms. The Labute approximate surface area is 101 Å². The second-order valence-corrected chi connectivity index (χ2v) is 3.79. The van der Waals surface area contributed by atoms with Crippen LogP contribution in [0.3, 0.4) is 0 Å². The van der Waals surface area contributed by atoms with Gasteiger partial charge in [-0.1, -0.05) is 0 Å². The summed E-state index contributed by atoms with van der Waals surface area (Å²) >= 11 is 5.66. The van der Waals surface area contributed by atoms with Crippen molar-refractivity contribution in [3.05, 3.63) is 47.9 Å². The number of hydrogen-bond donors (Lipinski definition) is 0. The molecule has 6 heteroatoms. The van der Waals surface area contributed by atoms with Gasteiger partial charge in [-0.25, -0.2) is 18.9 Å². The van der Waals surface area contributed by atoms with Crippen molar-refractivity contribution in [3.8, 4) is 11.3 Å². The third kappa shape index (κ3) is 1.74. The molecule has 84 valence electrons. The van der Waals surface area contributed by atoms with Crippen LogP contribution in [-0.2, 0) is 0 Å². The van der Waals surface area contributed by atoms with E-state index in [2.05, 4.69) is 15.1 Å². The van der Waals surface area contributed by atoms with Gasteiger partial charge in [0.1, 0.15) is 5.69 Å². The molecule has 0 saturated heterocycles. The standard InChI is InChI=1S/C11H6ClFN4/c12-11-14-6-9(13)10(16-11)7-2-4-17-8(5-7)1-3-15-17/h1-6H. The zero-order valence-corrected chi connectivity index (χ0v) is 9.26. The summed E-state index contributed by atoms with van der Waals surface area (Å²) in [5.74, 6) is -0.502. The number of pyridine rings is 1. The molecule has 3 aromatic heterocycles. The van der Waals surface area contributed by atoms with Crippen molar-refractivity contribution in [1.29, 1.82) is 0 Å². The first kappa shape index (κ1) is 10.2. The molecule has 17 heavy (non-hydrogen) atoms. The largest absolute Gasteiger partial charge is 0.241 e. The fourth-order valence-electron chi connectivity index (χ4n) is 1.62. The molecule has 0 N–H and O–H groups in total. The van der Waals surface area contributed by atoms with Crippen molar-refractivity contribution in [2.45, 2.75) is 0 Å². The first-order chi connectivity index (χ1) is 8.24. The smallest absolute Gasteiger partial charge is 0.223 e. The lowest BCUT2D eigenvalue weighted by Crippen LogP contribution is -1.94. The second kappa shape index (κ2) is 3.78. The van der Waals surface area contributed by atoms with Crippen LogP contribution in [0.1, 0.15) is 0 Å². The summed E-state index contributed by atoms with van der Waals surface area (Å²) in [6, 6.07) is 5.33. The van der Waals surface area contributed by atoms with Gasteiger partial charge in [-0.3, -0.25) is 0 Å². The fourth-order valence-corrected chi connectivity index (χ4v) is 1.75. The zero-order valence-electron chi connectivity index (χ0n) is 8.51. The number of halogens is 2. The van der Waals surface area contributed by atoms with Crippen LogP contribution < -0.4 is 0 Å². The minimum absolute atomic E-state index is 0.0229. The molecular formula is C11H6ClFN4. The van der Waals surface area contributed by atoms with E-state index < -0.39 is 5.82 Å². The molecule has 0 amide bonds. The van der Waals surface area contributed by atoms with Crippen molar-refractivity contribution < 1.29 is 4.39 Å². The summed E-state index contributed by atoms with van der Waals surface area (Å²) in [4.78, 5) is 7.46. The molecule has 0 spiro atoms. The zero-order chi connectivity index (χ0) is 11.8. The number of fused-ring (bicyclic) bond motifs is 1. The van der Waals surface area contributed by atoms with E-state index in [-0.39, 0.29) is 11.0 Å². The van der Waals surface area contributed by atoms with Crippen molar-refractivity contribution in [2.24, 2.45) is 0 Å². The molecule has 4 nitrogen and oxygen atoms in total. The van der Waals surface area contributed by atoms with Gasteiger partial charge in [-0.05, 0) is 29.8 Å². The van der Waals surface area contributed by atoms with Gasteiger partial charge < -0.3 is 0 Å². The highest BCUT2D eigenvalue weighted by Crippen LogP contribution is 2.22. The molecule has 0 saturated carbocycles. The molecule has 0 unspecified atom stereocenters. The molecule has 0 aliphatic carbocycles. The summed E-state index contributed by atoms with van der Waals surface area (Å²) in [5.41, 5.74) is 1.69. The Morgan fingerprint density at radius 1 is 1.29 bits per heavy atom. The van der Waals surface area contributed by atoms with E-state index in [9.17, 15) is 4.39 Å². The molecule has 0 aliphatic rings. The summed E-state index contributed by atoms with van der Waals surface area (Å²) < 4.78 is 15.3. The van der Waals surface area contributed by atoms with E-state index in [1.165, 1.54) is 0 Å². The summed E-state index contributed by atoms with van der Waals surface area (Å²) in [6.07, 6.45) is 4.47. The molecule has 0 aliphatic heterocycles. The maximum absolute atomic E-state index is 13.6. The van der Waals surface area contributed by atoms with Gasteiger partial charge in [0.25, 0.3) is 0 Å². The molecular weight excluding hydrogens is 243 g/mol. The Kier molecular flexibility index (Phi) is 2.26. The highest BCUT2D eigenvalue weighted by Gasteiger charge is 2.09. The van der Waals surface area contributed by atoms with Gasteiger partial charge in [-0.15, -0.1) is 0 Å². The molecule has 3 aromatic rings. The molecule has 3 rings (SSSR count). The minimum Gasteiger partial charge on any atom is -0.241 e. The minimum atomic E-state index is -0.502. The van der Waals surface area contributed by atoms with Gasteiger partial charge in [0, 0.05) is 18.0 Å². The van der Waals surface area contributed by atoms with Gasteiger partial charge in [0.15, 0.2) is 5.82 Å². The third-order valence-electron chi connectivity index (χ3n) is 2.39. The Bertz CT molecular complexity index is 695. The van der Waals surface area contributed by atoms with Crippen LogP contribution in [0.25, 0.3) is 16.8 Å².